The molecule has 2 atom stereocenters. The van der Waals surface area contributed by atoms with Crippen LogP contribution in [0.15, 0.2) is 36.2 Å². The van der Waals surface area contributed by atoms with Gasteiger partial charge in [0, 0.05) is 11.6 Å². The number of nitrogens with one attached hydrogen (secondary N) is 1. The highest BCUT2D eigenvalue weighted by molar-refractivity contribution is 6.30. The molecule has 0 saturated carbocycles. The molecule has 0 saturated heterocycles. The summed E-state index contributed by atoms with van der Waals surface area (Å²) in [6, 6.07) is 8.25. The molecule has 1 unspecified atom stereocenters. The van der Waals surface area contributed by atoms with Gasteiger partial charge in [-0.05, 0) is 54.9 Å². The zero-order chi connectivity index (χ0) is 13.0. The smallest absolute Gasteiger partial charge is 0.0922 e. The van der Waals surface area contributed by atoms with Gasteiger partial charge in [0.2, 0.25) is 0 Å². The number of nitrogens with two attached hydrogens (primary N) is 1. The Morgan fingerprint density at radius 2 is 2.11 bits per heavy atom. The molecular formula is C15H21ClN2. The summed E-state index contributed by atoms with van der Waals surface area (Å²) in [6.07, 6.45) is 5.71. The largest absolute Gasteiger partial charge is 0.386 e. The van der Waals surface area contributed by atoms with Crippen molar-refractivity contribution in [2.75, 3.05) is 6.54 Å². The van der Waals surface area contributed by atoms with Crippen LogP contribution in [0.2, 0.25) is 5.02 Å². The molecule has 0 aliphatic carbocycles. The van der Waals surface area contributed by atoms with E-state index in [1.165, 1.54) is 24.8 Å². The van der Waals surface area contributed by atoms with Gasteiger partial charge in [-0.25, -0.2) is 0 Å². The van der Waals surface area contributed by atoms with Gasteiger partial charge in [0.25, 0.3) is 0 Å². The van der Waals surface area contributed by atoms with E-state index in [4.69, 9.17) is 17.3 Å². The molecule has 0 fully saturated rings. The van der Waals surface area contributed by atoms with Crippen LogP contribution in [-0.2, 0) is 0 Å². The first-order valence-electron chi connectivity index (χ1n) is 6.65. The van der Waals surface area contributed by atoms with Crippen molar-refractivity contribution in [1.29, 1.82) is 0 Å². The molecule has 0 bridgehead atoms. The van der Waals surface area contributed by atoms with Gasteiger partial charge in [-0.2, -0.15) is 0 Å². The van der Waals surface area contributed by atoms with E-state index in [0.29, 0.717) is 11.8 Å². The highest BCUT2D eigenvalue weighted by Gasteiger charge is 2.16. The molecule has 0 spiro atoms. The molecule has 1 aromatic rings. The molecule has 98 valence electrons. The molecule has 1 aliphatic rings. The summed E-state index contributed by atoms with van der Waals surface area (Å²) < 4.78 is 0. The second-order valence-electron chi connectivity index (χ2n) is 5.00. The van der Waals surface area contributed by atoms with Gasteiger partial charge in [0.1, 0.15) is 0 Å². The van der Waals surface area contributed by atoms with E-state index in [0.717, 1.165) is 17.4 Å². The minimum absolute atomic E-state index is 0.589. The lowest BCUT2D eigenvalue weighted by Gasteiger charge is -2.17. The minimum Gasteiger partial charge on any atom is -0.386 e. The fourth-order valence-corrected chi connectivity index (χ4v) is 2.69. The fraction of sp³-hybridized carbons (Fsp3) is 0.467. The predicted octanol–water partition coefficient (Wildman–Crippen LogP) is 3.63. The first kappa shape index (κ1) is 13.3. The third-order valence-electron chi connectivity index (χ3n) is 3.70. The summed E-state index contributed by atoms with van der Waals surface area (Å²) in [5.41, 5.74) is 7.12. The topological polar surface area (TPSA) is 38.0 Å². The third kappa shape index (κ3) is 3.42. The second kappa shape index (κ2) is 6.14. The molecule has 3 N–H and O–H groups in total. The normalized spacial score (nSPS) is 20.3. The number of hydrogen-bond donors (Lipinski definition) is 2. The van der Waals surface area contributed by atoms with Crippen molar-refractivity contribution in [3.63, 3.8) is 0 Å². The maximum Gasteiger partial charge on any atom is 0.0922 e. The predicted molar refractivity (Wildman–Crippen MR) is 77.5 cm³/mol. The standard InChI is InChI=1S/C15H21ClN2/c1-2-12(13-5-7-14(16)8-6-13)4-3-11-9-15(17)18-10-11/h5-9,11-12,18H,2-4,10,17H2,1H3/t11-,12?/m0/s1. The van der Waals surface area contributed by atoms with Crippen molar-refractivity contribution in [3.05, 3.63) is 46.7 Å². The molecule has 0 radical (unpaired) electrons. The Bertz CT molecular complexity index is 411. The average molecular weight is 265 g/mol. The summed E-state index contributed by atoms with van der Waals surface area (Å²) in [6.45, 7) is 3.24. The molecule has 0 amide bonds. The van der Waals surface area contributed by atoms with Crippen molar-refractivity contribution in [2.45, 2.75) is 32.1 Å². The van der Waals surface area contributed by atoms with Gasteiger partial charge >= 0.3 is 0 Å². The Hall–Kier alpha value is -1.15. The van der Waals surface area contributed by atoms with Crippen LogP contribution in [0, 0.1) is 5.92 Å². The third-order valence-corrected chi connectivity index (χ3v) is 3.96. The fourth-order valence-electron chi connectivity index (χ4n) is 2.56. The number of hydrogen-bond acceptors (Lipinski definition) is 2. The minimum atomic E-state index is 0.589. The monoisotopic (exact) mass is 264 g/mol. The van der Waals surface area contributed by atoms with Crippen LogP contribution < -0.4 is 11.1 Å². The lowest BCUT2D eigenvalue weighted by Crippen LogP contribution is -2.16. The van der Waals surface area contributed by atoms with Gasteiger partial charge in [-0.3, -0.25) is 0 Å². The number of benzene rings is 1. The van der Waals surface area contributed by atoms with E-state index >= 15 is 0 Å². The van der Waals surface area contributed by atoms with Crippen LogP contribution in [-0.4, -0.2) is 6.54 Å². The molecule has 1 aliphatic heterocycles. The molecule has 0 aromatic heterocycles. The summed E-state index contributed by atoms with van der Waals surface area (Å²) >= 11 is 5.93. The molecule has 2 nitrogen and oxygen atoms in total. The Morgan fingerprint density at radius 1 is 1.39 bits per heavy atom. The molecule has 1 aromatic carbocycles. The highest BCUT2D eigenvalue weighted by Crippen LogP contribution is 2.28. The summed E-state index contributed by atoms with van der Waals surface area (Å²) in [5.74, 6) is 2.04. The first-order chi connectivity index (χ1) is 8.69. The zero-order valence-electron chi connectivity index (χ0n) is 10.8. The van der Waals surface area contributed by atoms with E-state index in [9.17, 15) is 0 Å². The van der Waals surface area contributed by atoms with Crippen LogP contribution in [0.25, 0.3) is 0 Å². The molecule has 2 rings (SSSR count). The first-order valence-corrected chi connectivity index (χ1v) is 7.03. The van der Waals surface area contributed by atoms with Crippen molar-refractivity contribution in [3.8, 4) is 0 Å². The summed E-state index contributed by atoms with van der Waals surface area (Å²) in [7, 11) is 0. The maximum atomic E-state index is 5.93. The van der Waals surface area contributed by atoms with Gasteiger partial charge in [-0.15, -0.1) is 0 Å². The second-order valence-corrected chi connectivity index (χ2v) is 5.43. The molecule has 1 heterocycles. The number of rotatable bonds is 5. The van der Waals surface area contributed by atoms with Crippen molar-refractivity contribution in [1.82, 2.24) is 5.32 Å². The molecule has 18 heavy (non-hydrogen) atoms. The quantitative estimate of drug-likeness (QED) is 0.852. The van der Waals surface area contributed by atoms with Crippen molar-refractivity contribution < 1.29 is 0 Å². The Balaban J connectivity index is 1.91. The number of halogens is 1. The lowest BCUT2D eigenvalue weighted by molar-refractivity contribution is 0.502. The average Bonchev–Trinajstić information content (AvgIpc) is 2.78. The van der Waals surface area contributed by atoms with E-state index in [1.54, 1.807) is 0 Å². The van der Waals surface area contributed by atoms with Crippen molar-refractivity contribution >= 4 is 11.6 Å². The maximum absolute atomic E-state index is 5.93. The van der Waals surface area contributed by atoms with Gasteiger partial charge in [0.05, 0.1) is 5.82 Å². The SMILES string of the molecule is CCC(CC[C@H]1C=C(N)NC1)c1ccc(Cl)cc1. The van der Waals surface area contributed by atoms with Crippen LogP contribution >= 0.6 is 11.6 Å². The summed E-state index contributed by atoms with van der Waals surface area (Å²) in [4.78, 5) is 0. The van der Waals surface area contributed by atoms with Crippen LogP contribution in [0.4, 0.5) is 0 Å². The van der Waals surface area contributed by atoms with Crippen LogP contribution in [0.3, 0.4) is 0 Å². The van der Waals surface area contributed by atoms with Crippen molar-refractivity contribution in [2.24, 2.45) is 11.7 Å². The van der Waals surface area contributed by atoms with Gasteiger partial charge in [-0.1, -0.05) is 30.7 Å². The highest BCUT2D eigenvalue weighted by atomic mass is 35.5. The van der Waals surface area contributed by atoms with E-state index in [2.05, 4.69) is 30.4 Å². The Kier molecular flexibility index (Phi) is 4.54. The molecular weight excluding hydrogens is 244 g/mol. The Labute approximate surface area is 114 Å². The van der Waals surface area contributed by atoms with Gasteiger partial charge < -0.3 is 11.1 Å². The summed E-state index contributed by atoms with van der Waals surface area (Å²) in [5, 5.41) is 3.99. The van der Waals surface area contributed by atoms with Crippen LogP contribution in [0.1, 0.15) is 37.7 Å². The lowest BCUT2D eigenvalue weighted by atomic mass is 9.89. The van der Waals surface area contributed by atoms with E-state index < -0.39 is 0 Å². The zero-order valence-corrected chi connectivity index (χ0v) is 11.6. The van der Waals surface area contributed by atoms with Gasteiger partial charge in [0.15, 0.2) is 0 Å². The van der Waals surface area contributed by atoms with Crippen LogP contribution in [0.5, 0.6) is 0 Å². The molecule has 3 heteroatoms. The van der Waals surface area contributed by atoms with E-state index in [1.807, 2.05) is 12.1 Å². The van der Waals surface area contributed by atoms with E-state index in [-0.39, 0.29) is 0 Å². The Morgan fingerprint density at radius 3 is 2.67 bits per heavy atom.